The molecule has 0 radical (unpaired) electrons. The number of aliphatic hydroxyl groups excluding tert-OH is 1. The van der Waals surface area contributed by atoms with Crippen LogP contribution in [0.1, 0.15) is 25.8 Å². The van der Waals surface area contributed by atoms with E-state index in [-0.39, 0.29) is 6.61 Å². The van der Waals surface area contributed by atoms with E-state index < -0.39 is 5.54 Å². The second-order valence-electron chi connectivity index (χ2n) is 4.65. The van der Waals surface area contributed by atoms with Crippen LogP contribution in [-0.2, 0) is 6.42 Å². The average Bonchev–Trinajstić information content (AvgIpc) is 2.41. The molecule has 1 atom stereocenters. The summed E-state index contributed by atoms with van der Waals surface area (Å²) in [6.07, 6.45) is 1.20. The zero-order valence-corrected chi connectivity index (χ0v) is 11.6. The number of nitrogens with zero attached hydrogens (tertiary/aromatic N) is 1. The summed E-state index contributed by atoms with van der Waals surface area (Å²) in [5.41, 5.74) is 0.438. The molecule has 104 valence electrons. The normalized spacial score (nSPS) is 13.6. The fourth-order valence-electron chi connectivity index (χ4n) is 1.91. The number of nitriles is 1. The highest BCUT2D eigenvalue weighted by atomic mass is 16.5. The summed E-state index contributed by atoms with van der Waals surface area (Å²) < 4.78 is 5.73. The molecule has 1 unspecified atom stereocenters. The average molecular weight is 262 g/mol. The molecule has 2 N–H and O–H groups in total. The van der Waals surface area contributed by atoms with Gasteiger partial charge in [-0.3, -0.25) is 5.32 Å². The van der Waals surface area contributed by atoms with E-state index in [1.165, 1.54) is 0 Å². The molecule has 1 aromatic carbocycles. The first-order valence-corrected chi connectivity index (χ1v) is 6.63. The minimum atomic E-state index is -0.555. The van der Waals surface area contributed by atoms with Gasteiger partial charge in [-0.05, 0) is 31.5 Å². The summed E-state index contributed by atoms with van der Waals surface area (Å²) >= 11 is 0. The molecule has 0 aliphatic carbocycles. The zero-order chi connectivity index (χ0) is 14.1. The molecule has 0 saturated heterocycles. The van der Waals surface area contributed by atoms with E-state index in [9.17, 15) is 0 Å². The molecule has 0 saturated carbocycles. The van der Waals surface area contributed by atoms with Crippen molar-refractivity contribution < 1.29 is 9.84 Å². The van der Waals surface area contributed by atoms with Gasteiger partial charge in [0.25, 0.3) is 0 Å². The summed E-state index contributed by atoms with van der Waals surface area (Å²) in [6.45, 7) is 5.19. The Morgan fingerprint density at radius 3 is 2.79 bits per heavy atom. The van der Waals surface area contributed by atoms with Crippen molar-refractivity contribution in [2.75, 3.05) is 19.8 Å². The summed E-state index contributed by atoms with van der Waals surface area (Å²) in [5, 5.41) is 21.3. The maximum atomic E-state index is 9.15. The van der Waals surface area contributed by atoms with Crippen LogP contribution in [-0.4, -0.2) is 30.4 Å². The molecule has 0 aromatic heterocycles. The summed E-state index contributed by atoms with van der Waals surface area (Å²) in [7, 11) is 0. The molecule has 19 heavy (non-hydrogen) atoms. The Kier molecular flexibility index (Phi) is 6.34. The van der Waals surface area contributed by atoms with Gasteiger partial charge in [-0.25, -0.2) is 0 Å². The van der Waals surface area contributed by atoms with Crippen LogP contribution in [0.2, 0.25) is 0 Å². The molecular weight excluding hydrogens is 240 g/mol. The maximum absolute atomic E-state index is 9.15. The van der Waals surface area contributed by atoms with Crippen molar-refractivity contribution >= 4 is 0 Å². The third-order valence-electron chi connectivity index (χ3n) is 3.03. The van der Waals surface area contributed by atoms with E-state index in [0.29, 0.717) is 19.4 Å². The molecule has 4 heteroatoms. The van der Waals surface area contributed by atoms with Crippen molar-refractivity contribution in [1.29, 1.82) is 5.26 Å². The Morgan fingerprint density at radius 1 is 1.42 bits per heavy atom. The molecule has 0 amide bonds. The van der Waals surface area contributed by atoms with Crippen molar-refractivity contribution in [3.8, 4) is 11.8 Å². The highest BCUT2D eigenvalue weighted by Crippen LogP contribution is 2.19. The molecular formula is C15H22N2O2. The van der Waals surface area contributed by atoms with Crippen LogP contribution in [0.3, 0.4) is 0 Å². The lowest BCUT2D eigenvalue weighted by molar-refractivity contribution is 0.261. The standard InChI is InChI=1S/C15H22N2O2/c1-3-17-15(2,12-16)9-11-19-14-7-5-4-6-13(14)8-10-18/h4-7,17-18H,3,8-11H2,1-2H3. The number of benzene rings is 1. The lowest BCUT2D eigenvalue weighted by Crippen LogP contribution is -2.42. The van der Waals surface area contributed by atoms with Gasteiger partial charge in [0, 0.05) is 13.0 Å². The SMILES string of the molecule is CCNC(C)(C#N)CCOc1ccccc1CCO. The maximum Gasteiger partial charge on any atom is 0.122 e. The second kappa shape index (κ2) is 7.78. The summed E-state index contributed by atoms with van der Waals surface area (Å²) in [4.78, 5) is 0. The quantitative estimate of drug-likeness (QED) is 0.751. The van der Waals surface area contributed by atoms with Crippen LogP contribution < -0.4 is 10.1 Å². The molecule has 0 bridgehead atoms. The van der Waals surface area contributed by atoms with Gasteiger partial charge < -0.3 is 9.84 Å². The number of rotatable bonds is 8. The minimum absolute atomic E-state index is 0.105. The number of nitrogens with one attached hydrogen (secondary N) is 1. The van der Waals surface area contributed by atoms with Crippen molar-refractivity contribution in [3.63, 3.8) is 0 Å². The first-order valence-electron chi connectivity index (χ1n) is 6.63. The van der Waals surface area contributed by atoms with E-state index in [1.54, 1.807) is 0 Å². The Morgan fingerprint density at radius 2 is 2.16 bits per heavy atom. The predicted octanol–water partition coefficient (Wildman–Crippen LogP) is 1.88. The van der Waals surface area contributed by atoms with E-state index in [0.717, 1.165) is 17.9 Å². The van der Waals surface area contributed by atoms with Crippen LogP contribution >= 0.6 is 0 Å². The van der Waals surface area contributed by atoms with Gasteiger partial charge in [-0.1, -0.05) is 25.1 Å². The first kappa shape index (κ1) is 15.5. The van der Waals surface area contributed by atoms with E-state index in [2.05, 4.69) is 11.4 Å². The first-order chi connectivity index (χ1) is 9.15. The van der Waals surface area contributed by atoms with E-state index in [4.69, 9.17) is 15.1 Å². The van der Waals surface area contributed by atoms with E-state index >= 15 is 0 Å². The van der Waals surface area contributed by atoms with Crippen LogP contribution in [0.5, 0.6) is 5.75 Å². The second-order valence-corrected chi connectivity index (χ2v) is 4.65. The molecule has 0 aliphatic rings. The van der Waals surface area contributed by atoms with Gasteiger partial charge in [0.1, 0.15) is 11.3 Å². The molecule has 0 heterocycles. The number of hydrogen-bond acceptors (Lipinski definition) is 4. The smallest absolute Gasteiger partial charge is 0.122 e. The van der Waals surface area contributed by atoms with E-state index in [1.807, 2.05) is 38.1 Å². The van der Waals surface area contributed by atoms with Crippen molar-refractivity contribution in [3.05, 3.63) is 29.8 Å². The number of ether oxygens (including phenoxy) is 1. The van der Waals surface area contributed by atoms with Gasteiger partial charge in [0.05, 0.1) is 12.7 Å². The topological polar surface area (TPSA) is 65.3 Å². The lowest BCUT2D eigenvalue weighted by Gasteiger charge is -2.22. The molecule has 0 fully saturated rings. The number of para-hydroxylation sites is 1. The summed E-state index contributed by atoms with van der Waals surface area (Å²) in [6, 6.07) is 9.94. The lowest BCUT2D eigenvalue weighted by atomic mass is 10.0. The van der Waals surface area contributed by atoms with Gasteiger partial charge in [-0.2, -0.15) is 5.26 Å². The predicted molar refractivity (Wildman–Crippen MR) is 75.0 cm³/mol. The van der Waals surface area contributed by atoms with Gasteiger partial charge in [0.15, 0.2) is 0 Å². The number of hydrogen-bond donors (Lipinski definition) is 2. The van der Waals surface area contributed by atoms with Crippen LogP contribution in [0, 0.1) is 11.3 Å². The highest BCUT2D eigenvalue weighted by molar-refractivity contribution is 5.33. The molecule has 1 aromatic rings. The molecule has 0 spiro atoms. The Balaban J connectivity index is 2.55. The largest absolute Gasteiger partial charge is 0.493 e. The zero-order valence-electron chi connectivity index (χ0n) is 11.6. The Hall–Kier alpha value is -1.57. The third-order valence-corrected chi connectivity index (χ3v) is 3.03. The minimum Gasteiger partial charge on any atom is -0.493 e. The van der Waals surface area contributed by atoms with Gasteiger partial charge in [-0.15, -0.1) is 0 Å². The fourth-order valence-corrected chi connectivity index (χ4v) is 1.91. The summed E-state index contributed by atoms with van der Waals surface area (Å²) in [5.74, 6) is 0.785. The van der Waals surface area contributed by atoms with Crippen molar-refractivity contribution in [1.82, 2.24) is 5.32 Å². The fraction of sp³-hybridized carbons (Fsp3) is 0.533. The van der Waals surface area contributed by atoms with Crippen molar-refractivity contribution in [2.45, 2.75) is 32.2 Å². The Bertz CT molecular complexity index is 428. The highest BCUT2D eigenvalue weighted by Gasteiger charge is 2.22. The van der Waals surface area contributed by atoms with Crippen LogP contribution in [0.25, 0.3) is 0 Å². The molecule has 1 rings (SSSR count). The van der Waals surface area contributed by atoms with Gasteiger partial charge >= 0.3 is 0 Å². The van der Waals surface area contributed by atoms with Crippen LogP contribution in [0.15, 0.2) is 24.3 Å². The Labute approximate surface area is 115 Å². The van der Waals surface area contributed by atoms with Crippen LogP contribution in [0.4, 0.5) is 0 Å². The molecule has 4 nitrogen and oxygen atoms in total. The van der Waals surface area contributed by atoms with Gasteiger partial charge in [0.2, 0.25) is 0 Å². The number of aliphatic hydroxyl groups is 1. The molecule has 0 aliphatic heterocycles. The third kappa shape index (κ3) is 4.90. The monoisotopic (exact) mass is 262 g/mol. The van der Waals surface area contributed by atoms with Crippen molar-refractivity contribution in [2.24, 2.45) is 0 Å².